The van der Waals surface area contributed by atoms with Gasteiger partial charge in [-0.3, -0.25) is 9.20 Å². The van der Waals surface area contributed by atoms with Crippen molar-refractivity contribution >= 4 is 11.6 Å². The van der Waals surface area contributed by atoms with Crippen LogP contribution in [-0.4, -0.2) is 44.7 Å². The van der Waals surface area contributed by atoms with Crippen LogP contribution in [0, 0.1) is 0 Å². The SMILES string of the molecule is O=C(CC[C@@H]1CCCO1)N1CCC[C@H]1c1nnc2ccccn12. The maximum atomic E-state index is 12.7. The van der Waals surface area contributed by atoms with Gasteiger partial charge in [0.25, 0.3) is 0 Å². The Morgan fingerprint density at radius 3 is 3.09 bits per heavy atom. The van der Waals surface area contributed by atoms with Crippen LogP contribution in [0.2, 0.25) is 0 Å². The lowest BCUT2D eigenvalue weighted by atomic mass is 10.1. The van der Waals surface area contributed by atoms with Gasteiger partial charge in [0, 0.05) is 25.8 Å². The zero-order chi connectivity index (χ0) is 15.6. The number of fused-ring (bicyclic) bond motifs is 1. The first kappa shape index (κ1) is 14.6. The molecule has 0 unspecified atom stereocenters. The third kappa shape index (κ3) is 2.83. The number of rotatable bonds is 4. The van der Waals surface area contributed by atoms with E-state index in [0.717, 1.165) is 56.7 Å². The molecule has 2 fully saturated rings. The lowest BCUT2D eigenvalue weighted by molar-refractivity contribution is -0.132. The van der Waals surface area contributed by atoms with Crippen LogP contribution < -0.4 is 0 Å². The molecule has 6 nitrogen and oxygen atoms in total. The van der Waals surface area contributed by atoms with Gasteiger partial charge in [0.15, 0.2) is 11.5 Å². The summed E-state index contributed by atoms with van der Waals surface area (Å²) in [6, 6.07) is 5.91. The van der Waals surface area contributed by atoms with Crippen molar-refractivity contribution in [3.05, 3.63) is 30.2 Å². The minimum absolute atomic E-state index is 0.0457. The van der Waals surface area contributed by atoms with E-state index in [1.165, 1.54) is 0 Å². The van der Waals surface area contributed by atoms with Crippen LogP contribution in [0.1, 0.15) is 50.4 Å². The van der Waals surface area contributed by atoms with Crippen LogP contribution in [-0.2, 0) is 9.53 Å². The molecule has 0 N–H and O–H groups in total. The second-order valence-corrected chi connectivity index (χ2v) is 6.41. The van der Waals surface area contributed by atoms with E-state index in [1.54, 1.807) is 0 Å². The summed E-state index contributed by atoms with van der Waals surface area (Å²) in [7, 11) is 0. The topological polar surface area (TPSA) is 59.7 Å². The predicted octanol–water partition coefficient (Wildman–Crippen LogP) is 2.35. The van der Waals surface area contributed by atoms with Gasteiger partial charge in [-0.15, -0.1) is 10.2 Å². The predicted molar refractivity (Wildman–Crippen MR) is 84.9 cm³/mol. The maximum Gasteiger partial charge on any atom is 0.223 e. The molecule has 0 bridgehead atoms. The van der Waals surface area contributed by atoms with Gasteiger partial charge in [0.2, 0.25) is 5.91 Å². The van der Waals surface area contributed by atoms with Crippen molar-refractivity contribution in [1.82, 2.24) is 19.5 Å². The molecule has 0 aromatic carbocycles. The first-order valence-corrected chi connectivity index (χ1v) is 8.53. The average molecular weight is 314 g/mol. The normalized spacial score (nSPS) is 24.6. The molecule has 1 amide bonds. The van der Waals surface area contributed by atoms with Gasteiger partial charge in [-0.25, -0.2) is 0 Å². The molecule has 4 rings (SSSR count). The molecule has 2 aromatic heterocycles. The Morgan fingerprint density at radius 1 is 1.26 bits per heavy atom. The fourth-order valence-corrected chi connectivity index (χ4v) is 3.72. The van der Waals surface area contributed by atoms with Crippen LogP contribution in [0.25, 0.3) is 5.65 Å². The number of likely N-dealkylation sites (tertiary alicyclic amines) is 1. The van der Waals surface area contributed by atoms with Gasteiger partial charge in [-0.2, -0.15) is 0 Å². The Bertz CT molecular complexity index is 693. The highest BCUT2D eigenvalue weighted by molar-refractivity contribution is 5.77. The smallest absolute Gasteiger partial charge is 0.223 e. The highest BCUT2D eigenvalue weighted by Gasteiger charge is 2.33. The van der Waals surface area contributed by atoms with Gasteiger partial charge < -0.3 is 9.64 Å². The minimum Gasteiger partial charge on any atom is -0.378 e. The van der Waals surface area contributed by atoms with Gasteiger partial charge in [-0.1, -0.05) is 6.07 Å². The van der Waals surface area contributed by atoms with E-state index in [0.29, 0.717) is 6.42 Å². The van der Waals surface area contributed by atoms with Gasteiger partial charge >= 0.3 is 0 Å². The molecule has 2 aliphatic rings. The minimum atomic E-state index is 0.0457. The standard InChI is InChI=1S/C17H22N4O2/c22-16(9-8-13-5-4-12-23-13)20-11-3-6-14(20)17-19-18-15-7-1-2-10-21(15)17/h1-2,7,10,13-14H,3-6,8-9,11-12H2/t13-,14-/m0/s1. The molecule has 0 saturated carbocycles. The number of hydrogen-bond acceptors (Lipinski definition) is 4. The number of ether oxygens (including phenoxy) is 1. The molecule has 2 aromatic rings. The molecule has 23 heavy (non-hydrogen) atoms. The zero-order valence-corrected chi connectivity index (χ0v) is 13.2. The zero-order valence-electron chi connectivity index (χ0n) is 13.2. The van der Waals surface area contributed by atoms with E-state index in [1.807, 2.05) is 33.7 Å². The van der Waals surface area contributed by atoms with Gasteiger partial charge in [0.05, 0.1) is 12.1 Å². The highest BCUT2D eigenvalue weighted by Crippen LogP contribution is 2.32. The Balaban J connectivity index is 1.48. The van der Waals surface area contributed by atoms with Crippen molar-refractivity contribution in [3.8, 4) is 0 Å². The van der Waals surface area contributed by atoms with Crippen LogP contribution in [0.15, 0.2) is 24.4 Å². The number of aromatic nitrogens is 3. The van der Waals surface area contributed by atoms with Crippen LogP contribution in [0.3, 0.4) is 0 Å². The molecule has 4 heterocycles. The van der Waals surface area contributed by atoms with Crippen LogP contribution in [0.4, 0.5) is 0 Å². The number of pyridine rings is 1. The summed E-state index contributed by atoms with van der Waals surface area (Å²) in [5.74, 6) is 1.10. The molecule has 122 valence electrons. The number of carbonyl (C=O) groups excluding carboxylic acids is 1. The number of carbonyl (C=O) groups is 1. The molecule has 6 heteroatoms. The molecule has 0 radical (unpaired) electrons. The number of hydrogen-bond donors (Lipinski definition) is 0. The monoisotopic (exact) mass is 314 g/mol. The Hall–Kier alpha value is -1.95. The van der Waals surface area contributed by atoms with E-state index >= 15 is 0 Å². The third-order valence-electron chi connectivity index (χ3n) is 4.92. The lowest BCUT2D eigenvalue weighted by Crippen LogP contribution is -2.32. The Morgan fingerprint density at radius 2 is 2.22 bits per heavy atom. The maximum absolute atomic E-state index is 12.7. The summed E-state index contributed by atoms with van der Waals surface area (Å²) in [5.41, 5.74) is 0.834. The number of amides is 1. The number of nitrogens with zero attached hydrogens (tertiary/aromatic N) is 4. The molecule has 0 spiro atoms. The summed E-state index contributed by atoms with van der Waals surface area (Å²) >= 11 is 0. The van der Waals surface area contributed by atoms with E-state index in [4.69, 9.17) is 4.74 Å². The van der Waals surface area contributed by atoms with Crippen molar-refractivity contribution in [2.45, 2.75) is 50.7 Å². The molecule has 2 aliphatic heterocycles. The van der Waals surface area contributed by atoms with E-state index < -0.39 is 0 Å². The van der Waals surface area contributed by atoms with E-state index in [2.05, 4.69) is 10.2 Å². The fraction of sp³-hybridized carbons (Fsp3) is 0.588. The Labute approximate surface area is 135 Å². The molecular formula is C17H22N4O2. The van der Waals surface area contributed by atoms with E-state index in [9.17, 15) is 4.79 Å². The van der Waals surface area contributed by atoms with Crippen LogP contribution >= 0.6 is 0 Å². The molecule has 2 atom stereocenters. The van der Waals surface area contributed by atoms with Crippen LogP contribution in [0.5, 0.6) is 0 Å². The second kappa shape index (κ2) is 6.28. The molecular weight excluding hydrogens is 292 g/mol. The van der Waals surface area contributed by atoms with E-state index in [-0.39, 0.29) is 18.1 Å². The summed E-state index contributed by atoms with van der Waals surface area (Å²) in [4.78, 5) is 14.6. The van der Waals surface area contributed by atoms with Crippen molar-refractivity contribution in [2.24, 2.45) is 0 Å². The summed E-state index contributed by atoms with van der Waals surface area (Å²) in [6.07, 6.45) is 7.84. The largest absolute Gasteiger partial charge is 0.378 e. The van der Waals surface area contributed by atoms with Crippen molar-refractivity contribution in [2.75, 3.05) is 13.2 Å². The third-order valence-corrected chi connectivity index (χ3v) is 4.92. The second-order valence-electron chi connectivity index (χ2n) is 6.41. The van der Waals surface area contributed by atoms with Crippen molar-refractivity contribution in [3.63, 3.8) is 0 Å². The summed E-state index contributed by atoms with van der Waals surface area (Å²) in [6.45, 7) is 1.66. The molecule has 2 saturated heterocycles. The fourth-order valence-electron chi connectivity index (χ4n) is 3.72. The first-order valence-electron chi connectivity index (χ1n) is 8.53. The first-order chi connectivity index (χ1) is 11.3. The average Bonchev–Trinajstić information content (AvgIpc) is 3.31. The van der Waals surface area contributed by atoms with Gasteiger partial charge in [0.1, 0.15) is 0 Å². The highest BCUT2D eigenvalue weighted by atomic mass is 16.5. The lowest BCUT2D eigenvalue weighted by Gasteiger charge is -2.24. The Kier molecular flexibility index (Phi) is 3.99. The molecule has 0 aliphatic carbocycles. The van der Waals surface area contributed by atoms with Gasteiger partial charge in [-0.05, 0) is 44.2 Å². The van der Waals surface area contributed by atoms with Crippen molar-refractivity contribution < 1.29 is 9.53 Å². The quantitative estimate of drug-likeness (QED) is 0.869. The summed E-state index contributed by atoms with van der Waals surface area (Å²) in [5, 5.41) is 8.56. The summed E-state index contributed by atoms with van der Waals surface area (Å²) < 4.78 is 7.62. The van der Waals surface area contributed by atoms with Crippen molar-refractivity contribution in [1.29, 1.82) is 0 Å².